The van der Waals surface area contributed by atoms with Gasteiger partial charge in [0, 0.05) is 5.30 Å². The Morgan fingerprint density at radius 3 is 2.36 bits per heavy atom. The van der Waals surface area contributed by atoms with Crippen LogP contribution in [0.5, 0.6) is 0 Å². The minimum atomic E-state index is -1.91. The molecule has 1 heterocycles. The smallest absolute Gasteiger partial charge is 0.0670 e. The van der Waals surface area contributed by atoms with Gasteiger partial charge in [-0.15, -0.1) is 11.3 Å². The van der Waals surface area contributed by atoms with Gasteiger partial charge in [-0.05, 0) is 28.7 Å². The van der Waals surface area contributed by atoms with E-state index >= 15 is 0 Å². The Labute approximate surface area is 145 Å². The molecule has 4 heteroatoms. The van der Waals surface area contributed by atoms with Crippen molar-refractivity contribution in [1.29, 1.82) is 0 Å². The third-order valence-corrected chi connectivity index (χ3v) is 12.2. The van der Waals surface area contributed by atoms with Crippen LogP contribution in [0.3, 0.4) is 0 Å². The number of hydrogen-bond acceptors (Lipinski definition) is 3. The lowest BCUT2D eigenvalue weighted by atomic mass is 10.2. The summed E-state index contributed by atoms with van der Waals surface area (Å²) in [6.07, 6.45) is 1.02. The molecule has 0 aliphatic rings. The van der Waals surface area contributed by atoms with E-state index in [-0.39, 0.29) is 0 Å². The Balaban J connectivity index is 2.17. The third kappa shape index (κ3) is 3.23. The first kappa shape index (κ1) is 16.0. The Kier molecular flexibility index (Phi) is 5.20. The lowest BCUT2D eigenvalue weighted by Crippen LogP contribution is -2.16. The van der Waals surface area contributed by atoms with Crippen molar-refractivity contribution in [3.05, 3.63) is 77.7 Å². The van der Waals surface area contributed by atoms with Crippen LogP contribution < -0.4 is 10.6 Å². The van der Waals surface area contributed by atoms with Crippen molar-refractivity contribution in [3.8, 4) is 0 Å². The molecule has 0 radical (unpaired) electrons. The Morgan fingerprint density at radius 2 is 1.68 bits per heavy atom. The van der Waals surface area contributed by atoms with Crippen molar-refractivity contribution in [2.24, 2.45) is 0 Å². The molecule has 22 heavy (non-hydrogen) atoms. The molecule has 0 nitrogen and oxygen atoms in total. The minimum Gasteiger partial charge on any atom is -0.137 e. The summed E-state index contributed by atoms with van der Waals surface area (Å²) >= 11 is 9.97. The van der Waals surface area contributed by atoms with Crippen molar-refractivity contribution in [2.75, 3.05) is 0 Å². The molecule has 3 aromatic rings. The van der Waals surface area contributed by atoms with Crippen LogP contribution in [0.4, 0.5) is 0 Å². The molecule has 0 saturated carbocycles. The molecule has 0 N–H and O–H groups in total. The fourth-order valence-corrected chi connectivity index (χ4v) is 11.4. The fraction of sp³-hybridized carbons (Fsp3) is 0.111. The first-order valence-electron chi connectivity index (χ1n) is 7.21. The molecule has 0 aliphatic heterocycles. The lowest BCUT2D eigenvalue weighted by molar-refractivity contribution is 1.15. The molecule has 0 saturated heterocycles. The average molecular weight is 361 g/mol. The second-order valence-electron chi connectivity index (χ2n) is 4.89. The van der Waals surface area contributed by atoms with Gasteiger partial charge in [0.25, 0.3) is 0 Å². The van der Waals surface area contributed by atoms with Gasteiger partial charge in [-0.1, -0.05) is 90.8 Å². The molecule has 1 atom stereocenters. The maximum atomic E-state index is 6.32. The summed E-state index contributed by atoms with van der Waals surface area (Å²) in [5, 5.41) is 2.84. The van der Waals surface area contributed by atoms with E-state index in [0.717, 1.165) is 6.42 Å². The van der Waals surface area contributed by atoms with E-state index in [1.165, 1.54) is 20.4 Å². The number of hydrogen-bond donors (Lipinski definition) is 0. The second kappa shape index (κ2) is 7.14. The van der Waals surface area contributed by atoms with E-state index in [0.29, 0.717) is 0 Å². The molecule has 0 aliphatic carbocycles. The number of thiophene rings is 1. The molecule has 0 fully saturated rings. The zero-order valence-electron chi connectivity index (χ0n) is 12.3. The maximum absolute atomic E-state index is 6.32. The van der Waals surface area contributed by atoms with Gasteiger partial charge < -0.3 is 0 Å². The van der Waals surface area contributed by atoms with Crippen LogP contribution in [-0.4, -0.2) is 0 Å². The Bertz CT molecular complexity index is 779. The molecule has 3 rings (SSSR count). The van der Waals surface area contributed by atoms with E-state index in [2.05, 4.69) is 79.0 Å². The van der Waals surface area contributed by atoms with Crippen molar-refractivity contribution in [1.82, 2.24) is 0 Å². The maximum Gasteiger partial charge on any atom is 0.0670 e. The summed E-state index contributed by atoms with van der Waals surface area (Å²) in [6, 6.07) is 23.6. The quantitative estimate of drug-likeness (QED) is 0.555. The van der Waals surface area contributed by atoms with Gasteiger partial charge in [-0.3, -0.25) is 0 Å². The number of aryl methyl sites for hydroxylation is 1. The number of benzene rings is 2. The zero-order chi connectivity index (χ0) is 15.4. The van der Waals surface area contributed by atoms with E-state index in [1.54, 1.807) is 11.3 Å². The van der Waals surface area contributed by atoms with Crippen molar-refractivity contribution in [2.45, 2.75) is 17.6 Å². The molecule has 1 unspecified atom stereocenters. The first-order valence-corrected chi connectivity index (χ1v) is 12.3. The van der Waals surface area contributed by atoms with Crippen LogP contribution in [0.1, 0.15) is 12.5 Å². The predicted molar refractivity (Wildman–Crippen MR) is 106 cm³/mol. The Morgan fingerprint density at radius 1 is 0.955 bits per heavy atom. The van der Waals surface area contributed by atoms with Gasteiger partial charge >= 0.3 is 0 Å². The summed E-state index contributed by atoms with van der Waals surface area (Å²) in [4.78, 5) is 0. The highest BCUT2D eigenvalue weighted by molar-refractivity contribution is 8.75. The normalized spacial score (nSPS) is 13.7. The standard InChI is InChI=1S/C18H17PS3/c1-2-15-9-6-7-12-17(15)19(20,16-10-4-3-5-11-16)22-18-13-8-14-21-18/h3-14H,2H2,1H3. The molecule has 0 spiro atoms. The van der Waals surface area contributed by atoms with Crippen LogP contribution in [-0.2, 0) is 18.2 Å². The zero-order valence-corrected chi connectivity index (χ0v) is 15.7. The largest absolute Gasteiger partial charge is 0.137 e. The Hall–Kier alpha value is -0.860. The van der Waals surface area contributed by atoms with Gasteiger partial charge in [0.05, 0.1) is 9.45 Å². The van der Waals surface area contributed by atoms with Crippen molar-refractivity contribution >= 4 is 50.4 Å². The SMILES string of the molecule is CCc1ccccc1P(=S)(Sc1cccs1)c1ccccc1. The average Bonchev–Trinajstić information content (AvgIpc) is 3.08. The van der Waals surface area contributed by atoms with Crippen molar-refractivity contribution < 1.29 is 0 Å². The van der Waals surface area contributed by atoms with Crippen LogP contribution in [0.2, 0.25) is 0 Å². The van der Waals surface area contributed by atoms with Gasteiger partial charge in [0.1, 0.15) is 0 Å². The summed E-state index contributed by atoms with van der Waals surface area (Å²) in [5.41, 5.74) is 1.37. The second-order valence-corrected chi connectivity index (χ2v) is 13.3. The van der Waals surface area contributed by atoms with Crippen molar-refractivity contribution in [3.63, 3.8) is 0 Å². The molecule has 112 valence electrons. The highest BCUT2D eigenvalue weighted by Crippen LogP contribution is 2.61. The van der Waals surface area contributed by atoms with Gasteiger partial charge in [0.15, 0.2) is 0 Å². The van der Waals surface area contributed by atoms with E-state index in [9.17, 15) is 0 Å². The van der Waals surface area contributed by atoms with Crippen LogP contribution in [0, 0.1) is 0 Å². The summed E-state index contributed by atoms with van der Waals surface area (Å²) in [5.74, 6) is 0. The molecule has 0 bridgehead atoms. The van der Waals surface area contributed by atoms with Crippen LogP contribution in [0.15, 0.2) is 76.3 Å². The first-order chi connectivity index (χ1) is 10.7. The minimum absolute atomic E-state index is 1.02. The number of rotatable bonds is 5. The summed E-state index contributed by atoms with van der Waals surface area (Å²) in [7, 11) is 0. The highest BCUT2D eigenvalue weighted by Gasteiger charge is 2.26. The van der Waals surface area contributed by atoms with Gasteiger partial charge in [0.2, 0.25) is 0 Å². The molecular formula is C18H17PS3. The monoisotopic (exact) mass is 360 g/mol. The predicted octanol–water partition coefficient (Wildman–Crippen LogP) is 5.45. The summed E-state index contributed by atoms with van der Waals surface area (Å²) < 4.78 is 1.30. The van der Waals surface area contributed by atoms with E-state index in [4.69, 9.17) is 11.8 Å². The summed E-state index contributed by atoms with van der Waals surface area (Å²) in [6.45, 7) is 2.21. The highest BCUT2D eigenvalue weighted by atomic mass is 32.9. The molecule has 2 aromatic carbocycles. The molecule has 1 aromatic heterocycles. The molecule has 0 amide bonds. The van der Waals surface area contributed by atoms with Gasteiger partial charge in [-0.2, -0.15) is 0 Å². The van der Waals surface area contributed by atoms with Crippen LogP contribution >= 0.6 is 28.0 Å². The topological polar surface area (TPSA) is 0 Å². The fourth-order valence-electron chi connectivity index (χ4n) is 2.40. The lowest BCUT2D eigenvalue weighted by Gasteiger charge is -2.24. The molecular weight excluding hydrogens is 343 g/mol. The third-order valence-electron chi connectivity index (χ3n) is 3.50. The van der Waals surface area contributed by atoms with Crippen LogP contribution in [0.25, 0.3) is 0 Å². The van der Waals surface area contributed by atoms with Gasteiger partial charge in [-0.25, -0.2) is 0 Å². The van der Waals surface area contributed by atoms with E-state index in [1.807, 2.05) is 11.4 Å². The van der Waals surface area contributed by atoms with E-state index < -0.39 is 5.24 Å².